The van der Waals surface area contributed by atoms with Gasteiger partial charge in [0, 0.05) is 44.0 Å². The Morgan fingerprint density at radius 2 is 2.25 bits per heavy atom. The highest BCUT2D eigenvalue weighted by molar-refractivity contribution is 5.18. The molecule has 1 aliphatic rings. The molecule has 0 saturated carbocycles. The van der Waals surface area contributed by atoms with E-state index in [2.05, 4.69) is 42.0 Å². The van der Waals surface area contributed by atoms with Crippen LogP contribution in [0.1, 0.15) is 32.8 Å². The Morgan fingerprint density at radius 1 is 1.45 bits per heavy atom. The first-order valence-electron chi connectivity index (χ1n) is 7.60. The maximum Gasteiger partial charge on any atom is 0.212 e. The van der Waals surface area contributed by atoms with E-state index < -0.39 is 0 Å². The Hall–Kier alpha value is -1.13. The molecule has 1 aromatic rings. The molecule has 0 radical (unpaired) electrons. The van der Waals surface area contributed by atoms with Crippen LogP contribution in [0.5, 0.6) is 5.88 Å². The van der Waals surface area contributed by atoms with Gasteiger partial charge in [-0.2, -0.15) is 0 Å². The van der Waals surface area contributed by atoms with Crippen molar-refractivity contribution in [2.75, 3.05) is 20.2 Å². The number of nitrogens with one attached hydrogen (secondary N) is 1. The van der Waals surface area contributed by atoms with Gasteiger partial charge in [-0.05, 0) is 17.9 Å². The normalized spacial score (nSPS) is 24.1. The van der Waals surface area contributed by atoms with Crippen molar-refractivity contribution in [3.63, 3.8) is 0 Å². The van der Waals surface area contributed by atoms with Crippen LogP contribution in [-0.2, 0) is 6.54 Å². The molecule has 0 bridgehead atoms. The predicted octanol–water partition coefficient (Wildman–Crippen LogP) is 2.30. The molecule has 1 saturated heterocycles. The maximum atomic E-state index is 5.12. The summed E-state index contributed by atoms with van der Waals surface area (Å²) in [6, 6.07) is 5.27. The number of methoxy groups -OCH3 is 1. The zero-order chi connectivity index (χ0) is 14.5. The highest BCUT2D eigenvalue weighted by atomic mass is 16.5. The smallest absolute Gasteiger partial charge is 0.212 e. The standard InChI is InChI=1S/C16H27N3O/c1-5-14-11-19(15(9-17-14)12(2)3)10-13-6-7-16(20-4)18-8-13/h6-8,12,14-15,17H,5,9-11H2,1-4H3. The number of ether oxygens (including phenoxy) is 1. The molecular weight excluding hydrogens is 250 g/mol. The summed E-state index contributed by atoms with van der Waals surface area (Å²) in [5.41, 5.74) is 1.26. The largest absolute Gasteiger partial charge is 0.481 e. The van der Waals surface area contributed by atoms with E-state index in [1.165, 1.54) is 12.0 Å². The Kier molecular flexibility index (Phi) is 5.38. The summed E-state index contributed by atoms with van der Waals surface area (Å²) in [4.78, 5) is 6.90. The van der Waals surface area contributed by atoms with Crippen LogP contribution in [-0.4, -0.2) is 42.2 Å². The monoisotopic (exact) mass is 277 g/mol. The first-order chi connectivity index (χ1) is 9.63. The van der Waals surface area contributed by atoms with E-state index in [-0.39, 0.29) is 0 Å². The Bertz CT molecular complexity index is 405. The Labute approximate surface area is 122 Å². The topological polar surface area (TPSA) is 37.4 Å². The zero-order valence-electron chi connectivity index (χ0n) is 13.1. The van der Waals surface area contributed by atoms with Gasteiger partial charge in [-0.15, -0.1) is 0 Å². The molecule has 2 heterocycles. The third-order valence-corrected chi connectivity index (χ3v) is 4.19. The first kappa shape index (κ1) is 15.3. The van der Waals surface area contributed by atoms with Crippen LogP contribution in [0.3, 0.4) is 0 Å². The van der Waals surface area contributed by atoms with Gasteiger partial charge in [-0.1, -0.05) is 26.8 Å². The fraction of sp³-hybridized carbons (Fsp3) is 0.688. The summed E-state index contributed by atoms with van der Waals surface area (Å²) in [7, 11) is 1.65. The molecule has 112 valence electrons. The van der Waals surface area contributed by atoms with Gasteiger partial charge in [0.2, 0.25) is 5.88 Å². The number of nitrogens with zero attached hydrogens (tertiary/aromatic N) is 2. The molecule has 4 heteroatoms. The number of rotatable bonds is 5. The van der Waals surface area contributed by atoms with Crippen molar-refractivity contribution < 1.29 is 4.74 Å². The minimum Gasteiger partial charge on any atom is -0.481 e. The van der Waals surface area contributed by atoms with E-state index in [4.69, 9.17) is 4.74 Å². The van der Waals surface area contributed by atoms with Crippen LogP contribution in [0.4, 0.5) is 0 Å². The lowest BCUT2D eigenvalue weighted by Gasteiger charge is -2.42. The number of hydrogen-bond donors (Lipinski definition) is 1. The SMILES string of the molecule is CCC1CN(Cc2ccc(OC)nc2)C(C(C)C)CN1. The van der Waals surface area contributed by atoms with Crippen molar-refractivity contribution in [3.8, 4) is 5.88 Å². The summed E-state index contributed by atoms with van der Waals surface area (Å²) < 4.78 is 5.12. The number of piperazine rings is 1. The summed E-state index contributed by atoms with van der Waals surface area (Å²) in [6.45, 7) is 10.0. The van der Waals surface area contributed by atoms with E-state index in [0.29, 0.717) is 23.9 Å². The molecule has 4 nitrogen and oxygen atoms in total. The van der Waals surface area contributed by atoms with E-state index in [9.17, 15) is 0 Å². The van der Waals surface area contributed by atoms with Crippen molar-refractivity contribution in [2.45, 2.75) is 45.8 Å². The predicted molar refractivity (Wildman–Crippen MR) is 81.9 cm³/mol. The molecule has 0 aromatic carbocycles. The fourth-order valence-corrected chi connectivity index (χ4v) is 2.87. The second-order valence-electron chi connectivity index (χ2n) is 5.96. The third-order valence-electron chi connectivity index (χ3n) is 4.19. The second-order valence-corrected chi connectivity index (χ2v) is 5.96. The number of hydrogen-bond acceptors (Lipinski definition) is 4. The Balaban J connectivity index is 2.05. The molecule has 1 aliphatic heterocycles. The van der Waals surface area contributed by atoms with Gasteiger partial charge in [0.15, 0.2) is 0 Å². The second kappa shape index (κ2) is 7.04. The van der Waals surface area contributed by atoms with E-state index >= 15 is 0 Å². The molecule has 0 spiro atoms. The molecular formula is C16H27N3O. The summed E-state index contributed by atoms with van der Waals surface area (Å²) >= 11 is 0. The molecule has 1 fully saturated rings. The molecule has 1 N–H and O–H groups in total. The van der Waals surface area contributed by atoms with Gasteiger partial charge < -0.3 is 10.1 Å². The average molecular weight is 277 g/mol. The van der Waals surface area contributed by atoms with Gasteiger partial charge in [0.1, 0.15) is 0 Å². The van der Waals surface area contributed by atoms with Crippen LogP contribution in [0.15, 0.2) is 18.3 Å². The quantitative estimate of drug-likeness (QED) is 0.896. The number of aromatic nitrogens is 1. The van der Waals surface area contributed by atoms with Gasteiger partial charge in [-0.25, -0.2) is 4.98 Å². The summed E-state index contributed by atoms with van der Waals surface area (Å²) in [6.07, 6.45) is 3.11. The zero-order valence-corrected chi connectivity index (χ0v) is 13.1. The molecule has 0 amide bonds. The maximum absolute atomic E-state index is 5.12. The van der Waals surface area contributed by atoms with Gasteiger partial charge in [0.25, 0.3) is 0 Å². The van der Waals surface area contributed by atoms with Crippen molar-refractivity contribution in [3.05, 3.63) is 23.9 Å². The van der Waals surface area contributed by atoms with Crippen molar-refractivity contribution in [2.24, 2.45) is 5.92 Å². The minimum atomic E-state index is 0.597. The van der Waals surface area contributed by atoms with Crippen LogP contribution >= 0.6 is 0 Å². The van der Waals surface area contributed by atoms with Crippen molar-refractivity contribution in [1.82, 2.24) is 15.2 Å². The van der Waals surface area contributed by atoms with Crippen LogP contribution < -0.4 is 10.1 Å². The summed E-state index contributed by atoms with van der Waals surface area (Å²) in [5.74, 6) is 1.34. The molecule has 2 unspecified atom stereocenters. The number of pyridine rings is 1. The van der Waals surface area contributed by atoms with Crippen molar-refractivity contribution >= 4 is 0 Å². The minimum absolute atomic E-state index is 0.597. The average Bonchev–Trinajstić information content (AvgIpc) is 2.47. The lowest BCUT2D eigenvalue weighted by molar-refractivity contribution is 0.0899. The van der Waals surface area contributed by atoms with Gasteiger partial charge >= 0.3 is 0 Å². The first-order valence-corrected chi connectivity index (χ1v) is 7.60. The fourth-order valence-electron chi connectivity index (χ4n) is 2.87. The highest BCUT2D eigenvalue weighted by Crippen LogP contribution is 2.19. The van der Waals surface area contributed by atoms with E-state index in [0.717, 1.165) is 19.6 Å². The lowest BCUT2D eigenvalue weighted by atomic mass is 9.97. The molecule has 1 aromatic heterocycles. The van der Waals surface area contributed by atoms with E-state index in [1.807, 2.05) is 12.3 Å². The van der Waals surface area contributed by atoms with Gasteiger partial charge in [-0.3, -0.25) is 4.90 Å². The third kappa shape index (κ3) is 3.70. The Morgan fingerprint density at radius 3 is 2.80 bits per heavy atom. The molecule has 20 heavy (non-hydrogen) atoms. The van der Waals surface area contributed by atoms with Crippen LogP contribution in [0, 0.1) is 5.92 Å². The van der Waals surface area contributed by atoms with Crippen LogP contribution in [0.2, 0.25) is 0 Å². The summed E-state index contributed by atoms with van der Waals surface area (Å²) in [5, 5.41) is 3.66. The van der Waals surface area contributed by atoms with Crippen LogP contribution in [0.25, 0.3) is 0 Å². The molecule has 2 atom stereocenters. The molecule has 2 rings (SSSR count). The lowest BCUT2D eigenvalue weighted by Crippen LogP contribution is -2.57. The molecule has 0 aliphatic carbocycles. The van der Waals surface area contributed by atoms with Crippen molar-refractivity contribution in [1.29, 1.82) is 0 Å². The van der Waals surface area contributed by atoms with Gasteiger partial charge in [0.05, 0.1) is 7.11 Å². The van der Waals surface area contributed by atoms with E-state index in [1.54, 1.807) is 7.11 Å². The highest BCUT2D eigenvalue weighted by Gasteiger charge is 2.28.